The van der Waals surface area contributed by atoms with Gasteiger partial charge < -0.3 is 19.3 Å². The minimum Gasteiger partial charge on any atom is -0.505 e. The number of hydrogen-bond acceptors (Lipinski definition) is 6. The molecule has 2 aliphatic heterocycles. The lowest BCUT2D eigenvalue weighted by atomic mass is 9.81. The van der Waals surface area contributed by atoms with Crippen LogP contribution >= 0.6 is 0 Å². The van der Waals surface area contributed by atoms with Gasteiger partial charge in [-0.15, -0.1) is 0 Å². The summed E-state index contributed by atoms with van der Waals surface area (Å²) in [6.07, 6.45) is 15.6. The highest BCUT2D eigenvalue weighted by Gasteiger charge is 2.52. The molecular formula is C34H38N2O6. The molecule has 42 heavy (non-hydrogen) atoms. The number of ketones is 4. The van der Waals surface area contributed by atoms with E-state index in [2.05, 4.69) is 0 Å². The lowest BCUT2D eigenvalue weighted by Crippen LogP contribution is -2.45. The van der Waals surface area contributed by atoms with Gasteiger partial charge in [-0.25, -0.2) is 0 Å². The fourth-order valence-corrected chi connectivity index (χ4v) is 8.09. The van der Waals surface area contributed by atoms with Crippen molar-refractivity contribution in [2.45, 2.75) is 114 Å². The number of aromatic nitrogens is 2. The third-order valence-electron chi connectivity index (χ3n) is 10.6. The number of allylic oxidation sites excluding steroid dienone is 2. The van der Waals surface area contributed by atoms with Crippen molar-refractivity contribution < 1.29 is 29.4 Å². The van der Waals surface area contributed by atoms with E-state index < -0.39 is 11.1 Å². The minimum absolute atomic E-state index is 0.00449. The molecule has 2 spiro atoms. The van der Waals surface area contributed by atoms with Gasteiger partial charge in [0.2, 0.25) is 0 Å². The first kappa shape index (κ1) is 27.2. The number of aliphatic hydroxyl groups excluding tert-OH is 2. The maximum Gasteiger partial charge on any atom is 0.196 e. The molecule has 4 saturated carbocycles. The lowest BCUT2D eigenvalue weighted by molar-refractivity contribution is -0.128. The molecule has 8 rings (SSSR count). The number of carbonyl (C=O) groups is 4. The van der Waals surface area contributed by atoms with Crippen molar-refractivity contribution in [3.8, 4) is 0 Å². The number of aliphatic hydroxyl groups is 2. The normalized spacial score (nSPS) is 23.8. The van der Waals surface area contributed by atoms with E-state index in [0.29, 0.717) is 17.5 Å². The van der Waals surface area contributed by atoms with E-state index in [1.54, 1.807) is 0 Å². The van der Waals surface area contributed by atoms with Crippen LogP contribution < -0.4 is 0 Å². The Kier molecular flexibility index (Phi) is 6.09. The van der Waals surface area contributed by atoms with Gasteiger partial charge in [0.25, 0.3) is 0 Å². The van der Waals surface area contributed by atoms with Crippen LogP contribution in [-0.2, 0) is 30.3 Å². The predicted octanol–water partition coefficient (Wildman–Crippen LogP) is 6.15. The molecule has 0 atom stereocenters. The zero-order valence-corrected chi connectivity index (χ0v) is 24.4. The molecule has 0 saturated heterocycles. The average Bonchev–Trinajstić information content (AvgIpc) is 3.71. The molecule has 6 aliphatic rings. The van der Waals surface area contributed by atoms with Crippen LogP contribution in [0, 0.1) is 0 Å². The Labute approximate surface area is 245 Å². The average molecular weight is 571 g/mol. The van der Waals surface area contributed by atoms with Crippen molar-refractivity contribution >= 4 is 34.7 Å². The summed E-state index contributed by atoms with van der Waals surface area (Å²) in [5.41, 5.74) is 2.44. The van der Waals surface area contributed by atoms with Gasteiger partial charge in [0.05, 0.1) is 11.4 Å². The highest BCUT2D eigenvalue weighted by molar-refractivity contribution is 6.27. The van der Waals surface area contributed by atoms with Gasteiger partial charge in [0.1, 0.15) is 22.2 Å². The predicted molar refractivity (Wildman–Crippen MR) is 156 cm³/mol. The van der Waals surface area contributed by atoms with Crippen LogP contribution in [0.3, 0.4) is 0 Å². The first-order valence-corrected chi connectivity index (χ1v) is 15.5. The van der Waals surface area contributed by atoms with Crippen LogP contribution in [0.15, 0.2) is 35.7 Å². The molecule has 2 aromatic rings. The topological polar surface area (TPSA) is 119 Å². The van der Waals surface area contributed by atoms with Crippen molar-refractivity contribution in [2.75, 3.05) is 0 Å². The molecule has 0 bridgehead atoms. The Morgan fingerprint density at radius 3 is 1.76 bits per heavy atom. The fourth-order valence-electron chi connectivity index (χ4n) is 8.09. The summed E-state index contributed by atoms with van der Waals surface area (Å²) in [6.45, 7) is 2.74. The molecule has 4 heterocycles. The first-order chi connectivity index (χ1) is 20.1. The SMILES string of the molecule is CC(=O)C1=C(O)c2c(C3CC3)ccn2C2(CCCC2)C1=O.CC(=O)C1=C(O)c2cc(C3CC3)cn2C2(CCCC2)C1=O. The maximum atomic E-state index is 12.9. The maximum absolute atomic E-state index is 12.9. The molecule has 0 unspecified atom stereocenters. The standard InChI is InChI=1S/2C17H19NO3/c1-10(19)13-15(20)14-12(11-4-5-11)6-9-18(14)17(16(13)21)7-2-3-8-17;1-10(19)14-15(20)13-8-12(11-4-5-11)9-18(13)17(16(14)21)6-2-3-7-17/h6,9,11,20H,2-5,7-8H2,1H3;8-9,11,20H,2-7H2,1H3. The van der Waals surface area contributed by atoms with E-state index in [0.717, 1.165) is 75.5 Å². The van der Waals surface area contributed by atoms with Gasteiger partial charge in [-0.05, 0) is 100 Å². The summed E-state index contributed by atoms with van der Waals surface area (Å²) in [5, 5.41) is 21.0. The Morgan fingerprint density at radius 2 is 1.26 bits per heavy atom. The second-order valence-corrected chi connectivity index (χ2v) is 13.3. The summed E-state index contributed by atoms with van der Waals surface area (Å²) >= 11 is 0. The van der Waals surface area contributed by atoms with Crippen LogP contribution in [-0.4, -0.2) is 42.5 Å². The van der Waals surface area contributed by atoms with Crippen molar-refractivity contribution in [2.24, 2.45) is 0 Å². The van der Waals surface area contributed by atoms with Crippen LogP contribution in [0.4, 0.5) is 0 Å². The highest BCUT2D eigenvalue weighted by Crippen LogP contribution is 2.51. The molecule has 8 nitrogen and oxygen atoms in total. The third kappa shape index (κ3) is 3.79. The second-order valence-electron chi connectivity index (χ2n) is 13.3. The van der Waals surface area contributed by atoms with Crippen LogP contribution in [0.25, 0.3) is 11.5 Å². The molecule has 4 aliphatic carbocycles. The molecule has 2 N–H and O–H groups in total. The van der Waals surface area contributed by atoms with Crippen molar-refractivity contribution in [3.05, 3.63) is 58.2 Å². The van der Waals surface area contributed by atoms with E-state index in [1.807, 2.05) is 33.7 Å². The van der Waals surface area contributed by atoms with E-state index in [-0.39, 0.29) is 45.8 Å². The van der Waals surface area contributed by atoms with Gasteiger partial charge in [0.15, 0.2) is 34.7 Å². The van der Waals surface area contributed by atoms with Crippen LogP contribution in [0.2, 0.25) is 0 Å². The van der Waals surface area contributed by atoms with Gasteiger partial charge in [-0.3, -0.25) is 19.2 Å². The van der Waals surface area contributed by atoms with Gasteiger partial charge in [-0.1, -0.05) is 25.7 Å². The Morgan fingerprint density at radius 1 is 0.762 bits per heavy atom. The van der Waals surface area contributed by atoms with Crippen molar-refractivity contribution in [1.29, 1.82) is 0 Å². The second kappa shape index (κ2) is 9.41. The molecule has 220 valence electrons. The van der Waals surface area contributed by atoms with E-state index in [4.69, 9.17) is 0 Å². The number of carbonyl (C=O) groups excluding carboxylic acids is 4. The smallest absolute Gasteiger partial charge is 0.196 e. The largest absolute Gasteiger partial charge is 0.505 e. The third-order valence-corrected chi connectivity index (χ3v) is 10.6. The van der Waals surface area contributed by atoms with E-state index in [9.17, 15) is 29.4 Å². The zero-order chi connectivity index (χ0) is 29.6. The number of fused-ring (bicyclic) bond motifs is 4. The van der Waals surface area contributed by atoms with Gasteiger partial charge in [-0.2, -0.15) is 0 Å². The summed E-state index contributed by atoms with van der Waals surface area (Å²) in [6, 6.07) is 4.00. The number of Topliss-reactive ketones (excluding diaryl/α,β-unsaturated/α-hetero) is 4. The lowest BCUT2D eigenvalue weighted by Gasteiger charge is -2.36. The fraction of sp³-hybridized carbons (Fsp3) is 0.529. The Bertz CT molecular complexity index is 1600. The molecule has 2 aromatic heterocycles. The number of rotatable bonds is 4. The monoisotopic (exact) mass is 570 g/mol. The molecule has 4 fully saturated rings. The van der Waals surface area contributed by atoms with Crippen molar-refractivity contribution in [1.82, 2.24) is 9.13 Å². The molecule has 0 radical (unpaired) electrons. The highest BCUT2D eigenvalue weighted by atomic mass is 16.3. The van der Waals surface area contributed by atoms with Gasteiger partial charge in [0, 0.05) is 12.4 Å². The van der Waals surface area contributed by atoms with Crippen molar-refractivity contribution in [3.63, 3.8) is 0 Å². The Hall–Kier alpha value is -3.68. The first-order valence-electron chi connectivity index (χ1n) is 15.5. The summed E-state index contributed by atoms with van der Waals surface area (Å²) in [5.74, 6) is -0.213. The van der Waals surface area contributed by atoms with E-state index >= 15 is 0 Å². The molecule has 8 heteroatoms. The zero-order valence-electron chi connectivity index (χ0n) is 24.4. The number of nitrogens with zero attached hydrogens (tertiary/aromatic N) is 2. The van der Waals surface area contributed by atoms with Crippen LogP contribution in [0.1, 0.15) is 125 Å². The quantitative estimate of drug-likeness (QED) is 0.426. The Balaban J connectivity index is 0.000000137. The molecular weight excluding hydrogens is 532 g/mol. The summed E-state index contributed by atoms with van der Waals surface area (Å²) < 4.78 is 3.94. The number of hydrogen-bond donors (Lipinski definition) is 2. The van der Waals surface area contributed by atoms with Crippen LogP contribution in [0.5, 0.6) is 0 Å². The van der Waals surface area contributed by atoms with E-state index in [1.165, 1.54) is 32.3 Å². The summed E-state index contributed by atoms with van der Waals surface area (Å²) in [7, 11) is 0. The summed E-state index contributed by atoms with van der Waals surface area (Å²) in [4.78, 5) is 49.6. The minimum atomic E-state index is -0.629. The molecule has 0 amide bonds. The molecule has 0 aromatic carbocycles. The van der Waals surface area contributed by atoms with Gasteiger partial charge >= 0.3 is 0 Å².